The van der Waals surface area contributed by atoms with Gasteiger partial charge in [-0.1, -0.05) is 6.92 Å². The zero-order valence-electron chi connectivity index (χ0n) is 6.43. The fourth-order valence-electron chi connectivity index (χ4n) is 0.619. The van der Waals surface area contributed by atoms with E-state index in [1.807, 2.05) is 25.9 Å². The first-order valence-corrected chi connectivity index (χ1v) is 3.67. The summed E-state index contributed by atoms with van der Waals surface area (Å²) in [6, 6.07) is 0. The van der Waals surface area contributed by atoms with Gasteiger partial charge in [0, 0.05) is 12.5 Å². The molecule has 0 aliphatic heterocycles. The average Bonchev–Trinajstić information content (AvgIpc) is 1.63. The largest absolute Gasteiger partial charge is 0.309 e. The Morgan fingerprint density at radius 3 is 2.10 bits per heavy atom. The molecule has 0 fully saturated rings. The van der Waals surface area contributed by atoms with Crippen LogP contribution >= 0.6 is 32.9 Å². The van der Waals surface area contributed by atoms with Gasteiger partial charge < -0.3 is 4.90 Å². The SMILES string of the molecule is Br.CC(CN(C)C)C(=O)Br. The molecule has 0 radical (unpaired) electrons. The van der Waals surface area contributed by atoms with Crippen LogP contribution in [0.5, 0.6) is 0 Å². The number of carbonyl (C=O) groups excluding carboxylic acids is 1. The van der Waals surface area contributed by atoms with Gasteiger partial charge in [0.1, 0.15) is 0 Å². The minimum Gasteiger partial charge on any atom is -0.309 e. The molecule has 0 saturated heterocycles. The number of carbonyl (C=O) groups is 1. The van der Waals surface area contributed by atoms with Crippen LogP contribution in [0, 0.1) is 5.92 Å². The van der Waals surface area contributed by atoms with Crippen molar-refractivity contribution in [1.82, 2.24) is 4.90 Å². The van der Waals surface area contributed by atoms with Gasteiger partial charge in [0.25, 0.3) is 0 Å². The lowest BCUT2D eigenvalue weighted by atomic mass is 10.2. The lowest BCUT2D eigenvalue weighted by molar-refractivity contribution is -0.113. The topological polar surface area (TPSA) is 20.3 Å². The van der Waals surface area contributed by atoms with Crippen molar-refractivity contribution >= 4 is 37.6 Å². The molecule has 4 heteroatoms. The summed E-state index contributed by atoms with van der Waals surface area (Å²) in [6.07, 6.45) is 0. The smallest absolute Gasteiger partial charge is 0.201 e. The number of rotatable bonds is 3. The fourth-order valence-corrected chi connectivity index (χ4v) is 0.764. The van der Waals surface area contributed by atoms with Gasteiger partial charge in [-0.15, -0.1) is 17.0 Å². The molecule has 2 nitrogen and oxygen atoms in total. The Balaban J connectivity index is 0. The third-order valence-electron chi connectivity index (χ3n) is 1.03. The third-order valence-corrected chi connectivity index (χ3v) is 1.81. The van der Waals surface area contributed by atoms with E-state index < -0.39 is 0 Å². The summed E-state index contributed by atoms with van der Waals surface area (Å²) in [5.74, 6) is 0.0972. The first-order valence-electron chi connectivity index (χ1n) is 2.88. The number of halogens is 2. The van der Waals surface area contributed by atoms with Gasteiger partial charge in [-0.05, 0) is 30.0 Å². The van der Waals surface area contributed by atoms with Crippen LogP contribution in [0.1, 0.15) is 6.92 Å². The Bertz CT molecular complexity index is 106. The monoisotopic (exact) mass is 273 g/mol. The van der Waals surface area contributed by atoms with Crippen molar-refractivity contribution in [2.45, 2.75) is 6.92 Å². The van der Waals surface area contributed by atoms with Gasteiger partial charge in [-0.25, -0.2) is 0 Å². The summed E-state index contributed by atoms with van der Waals surface area (Å²) in [5, 5.41) is 0. The molecule has 0 bridgehead atoms. The first kappa shape index (κ1) is 13.2. The average molecular weight is 275 g/mol. The lowest BCUT2D eigenvalue weighted by Gasteiger charge is -2.12. The second-order valence-corrected chi connectivity index (χ2v) is 3.25. The molecule has 0 rings (SSSR count). The molecule has 0 aliphatic rings. The molecule has 1 unspecified atom stereocenters. The van der Waals surface area contributed by atoms with Gasteiger partial charge in [0.15, 0.2) is 0 Å². The highest BCUT2D eigenvalue weighted by molar-refractivity contribution is 9.18. The van der Waals surface area contributed by atoms with Gasteiger partial charge in [0.2, 0.25) is 4.69 Å². The van der Waals surface area contributed by atoms with Crippen LogP contribution in [0.3, 0.4) is 0 Å². The van der Waals surface area contributed by atoms with Crippen molar-refractivity contribution in [3.05, 3.63) is 0 Å². The maximum Gasteiger partial charge on any atom is 0.201 e. The zero-order chi connectivity index (χ0) is 7.44. The van der Waals surface area contributed by atoms with Gasteiger partial charge in [-0.2, -0.15) is 0 Å². The highest BCUT2D eigenvalue weighted by Crippen LogP contribution is 2.02. The molecule has 10 heavy (non-hydrogen) atoms. The van der Waals surface area contributed by atoms with Crippen LogP contribution in [0.15, 0.2) is 0 Å². The molecule has 62 valence electrons. The van der Waals surface area contributed by atoms with E-state index in [0.717, 1.165) is 6.54 Å². The van der Waals surface area contributed by atoms with E-state index in [1.54, 1.807) is 0 Å². The van der Waals surface area contributed by atoms with Crippen molar-refractivity contribution in [3.63, 3.8) is 0 Å². The molecular weight excluding hydrogens is 262 g/mol. The molecule has 0 aromatic rings. The zero-order valence-corrected chi connectivity index (χ0v) is 9.73. The molecule has 0 saturated carbocycles. The van der Waals surface area contributed by atoms with Crippen LogP contribution in [-0.2, 0) is 4.79 Å². The minimum absolute atomic E-state index is 0. The highest BCUT2D eigenvalue weighted by atomic mass is 79.9. The Kier molecular flexibility index (Phi) is 8.33. The number of hydrogen-bond donors (Lipinski definition) is 0. The summed E-state index contributed by atoms with van der Waals surface area (Å²) < 4.78 is 0.0798. The van der Waals surface area contributed by atoms with Crippen molar-refractivity contribution in [1.29, 1.82) is 0 Å². The molecule has 0 aliphatic carbocycles. The molecule has 0 amide bonds. The fraction of sp³-hybridized carbons (Fsp3) is 0.833. The Morgan fingerprint density at radius 1 is 1.60 bits per heavy atom. The second kappa shape index (κ2) is 6.31. The van der Waals surface area contributed by atoms with E-state index in [4.69, 9.17) is 0 Å². The summed E-state index contributed by atoms with van der Waals surface area (Å²) in [4.78, 5) is 12.6. The van der Waals surface area contributed by atoms with Crippen LogP contribution in [0.25, 0.3) is 0 Å². The summed E-state index contributed by atoms with van der Waals surface area (Å²) >= 11 is 2.90. The summed E-state index contributed by atoms with van der Waals surface area (Å²) in [5.41, 5.74) is 0. The van der Waals surface area contributed by atoms with E-state index in [9.17, 15) is 4.79 Å². The Morgan fingerprint density at radius 2 is 2.00 bits per heavy atom. The van der Waals surface area contributed by atoms with Gasteiger partial charge >= 0.3 is 0 Å². The molecule has 0 spiro atoms. The minimum atomic E-state index is 0. The highest BCUT2D eigenvalue weighted by Gasteiger charge is 2.08. The van der Waals surface area contributed by atoms with Gasteiger partial charge in [-0.3, -0.25) is 4.79 Å². The summed E-state index contributed by atoms with van der Waals surface area (Å²) in [7, 11) is 3.90. The van der Waals surface area contributed by atoms with Crippen LogP contribution < -0.4 is 0 Å². The van der Waals surface area contributed by atoms with E-state index >= 15 is 0 Å². The first-order chi connectivity index (χ1) is 4.04. The maximum absolute atomic E-state index is 10.6. The molecule has 0 aromatic heterocycles. The normalized spacial score (nSPS) is 12.5. The molecule has 0 N–H and O–H groups in total. The standard InChI is InChI=1S/C6H12BrNO.BrH/c1-5(6(7)9)4-8(2)3;/h5H,4H2,1-3H3;1H. The van der Waals surface area contributed by atoms with Crippen molar-refractivity contribution in [3.8, 4) is 0 Å². The molecular formula is C6H13Br2NO. The lowest BCUT2D eigenvalue weighted by Crippen LogP contribution is -2.22. The molecule has 0 heterocycles. The van der Waals surface area contributed by atoms with E-state index in [-0.39, 0.29) is 27.6 Å². The predicted molar refractivity (Wildman–Crippen MR) is 52.0 cm³/mol. The number of nitrogens with zero attached hydrogens (tertiary/aromatic N) is 1. The molecule has 1 atom stereocenters. The van der Waals surface area contributed by atoms with E-state index in [0.29, 0.717) is 0 Å². The summed E-state index contributed by atoms with van der Waals surface area (Å²) in [6.45, 7) is 2.71. The predicted octanol–water partition coefficient (Wildman–Crippen LogP) is 1.68. The van der Waals surface area contributed by atoms with Crippen molar-refractivity contribution < 1.29 is 4.79 Å². The van der Waals surface area contributed by atoms with Crippen LogP contribution in [0.4, 0.5) is 0 Å². The van der Waals surface area contributed by atoms with Crippen molar-refractivity contribution in [2.24, 2.45) is 5.92 Å². The van der Waals surface area contributed by atoms with Crippen LogP contribution in [0.2, 0.25) is 0 Å². The van der Waals surface area contributed by atoms with Gasteiger partial charge in [0.05, 0.1) is 0 Å². The van der Waals surface area contributed by atoms with E-state index in [2.05, 4.69) is 15.9 Å². The number of hydrogen-bond acceptors (Lipinski definition) is 2. The molecule has 0 aromatic carbocycles. The second-order valence-electron chi connectivity index (χ2n) is 2.47. The quantitative estimate of drug-likeness (QED) is 0.730. The van der Waals surface area contributed by atoms with Crippen molar-refractivity contribution in [2.75, 3.05) is 20.6 Å². The van der Waals surface area contributed by atoms with E-state index in [1.165, 1.54) is 0 Å². The van der Waals surface area contributed by atoms with Crippen LogP contribution in [-0.4, -0.2) is 30.2 Å². The third kappa shape index (κ3) is 6.71. The Hall–Kier alpha value is 0.590. The Labute approximate surface area is 80.9 Å². The maximum atomic E-state index is 10.6.